The van der Waals surface area contributed by atoms with E-state index in [1.807, 2.05) is 41.9 Å². The number of carbonyl (C=O) groups excluding carboxylic acids is 1. The van der Waals surface area contributed by atoms with Gasteiger partial charge in [0, 0.05) is 22.7 Å². The Morgan fingerprint density at radius 3 is 2.75 bits per heavy atom. The summed E-state index contributed by atoms with van der Waals surface area (Å²) in [5, 5.41) is 11.7. The molecule has 32 heavy (non-hydrogen) atoms. The van der Waals surface area contributed by atoms with Gasteiger partial charge in [-0.05, 0) is 62.7 Å². The fraction of sp³-hybridized carbons (Fsp3) is 0.333. The summed E-state index contributed by atoms with van der Waals surface area (Å²) in [5.41, 5.74) is 3.98. The van der Waals surface area contributed by atoms with E-state index >= 15 is 0 Å². The average molecular weight is 453 g/mol. The van der Waals surface area contributed by atoms with Gasteiger partial charge in [0.2, 0.25) is 0 Å². The molecule has 1 saturated heterocycles. The minimum Gasteiger partial charge on any atom is -0.486 e. The van der Waals surface area contributed by atoms with Gasteiger partial charge in [0.05, 0.1) is 23.1 Å². The standard InChI is InChI=1S/C24H25ClN4O3/c1-15-19(25)3-2-4-20(15)29-23(16-7-9-26-10-8-16)18(14-27-29)24(30)28-17-5-6-21-22(13-17)32-12-11-31-21/h2-6,13-14,16,26H,7-12H2,1H3,(H,28,30). The number of rotatable bonds is 4. The van der Waals surface area contributed by atoms with Crippen molar-refractivity contribution in [2.45, 2.75) is 25.7 Å². The van der Waals surface area contributed by atoms with Crippen LogP contribution in [0.2, 0.25) is 5.02 Å². The van der Waals surface area contributed by atoms with Gasteiger partial charge in [-0.15, -0.1) is 0 Å². The number of benzene rings is 2. The number of nitrogens with one attached hydrogen (secondary N) is 2. The number of carbonyl (C=O) groups is 1. The fourth-order valence-electron chi connectivity index (χ4n) is 4.36. The minimum atomic E-state index is -0.193. The molecule has 0 spiro atoms. The first-order valence-corrected chi connectivity index (χ1v) is 11.2. The van der Waals surface area contributed by atoms with E-state index < -0.39 is 0 Å². The second-order valence-electron chi connectivity index (χ2n) is 8.08. The zero-order chi connectivity index (χ0) is 22.1. The van der Waals surface area contributed by atoms with Gasteiger partial charge in [-0.2, -0.15) is 5.10 Å². The number of piperidine rings is 1. The van der Waals surface area contributed by atoms with Gasteiger partial charge >= 0.3 is 0 Å². The van der Waals surface area contributed by atoms with E-state index in [9.17, 15) is 4.79 Å². The SMILES string of the molecule is Cc1c(Cl)cccc1-n1ncc(C(=O)Nc2ccc3c(c2)OCCO3)c1C1CCNCC1. The largest absolute Gasteiger partial charge is 0.486 e. The summed E-state index contributed by atoms with van der Waals surface area (Å²) in [4.78, 5) is 13.4. The zero-order valence-electron chi connectivity index (χ0n) is 17.9. The molecule has 2 aliphatic heterocycles. The van der Waals surface area contributed by atoms with Crippen molar-refractivity contribution < 1.29 is 14.3 Å². The number of hydrogen-bond donors (Lipinski definition) is 2. The van der Waals surface area contributed by atoms with Crippen LogP contribution in [0.3, 0.4) is 0 Å². The quantitative estimate of drug-likeness (QED) is 0.616. The summed E-state index contributed by atoms with van der Waals surface area (Å²) in [7, 11) is 0. The Kier molecular flexibility index (Phi) is 5.76. The van der Waals surface area contributed by atoms with Crippen LogP contribution in [0.5, 0.6) is 11.5 Å². The maximum absolute atomic E-state index is 13.4. The van der Waals surface area contributed by atoms with E-state index in [0.717, 1.165) is 42.9 Å². The van der Waals surface area contributed by atoms with Crippen molar-refractivity contribution in [3.63, 3.8) is 0 Å². The molecule has 1 amide bonds. The first-order valence-electron chi connectivity index (χ1n) is 10.9. The Labute approximate surface area is 191 Å². The predicted molar refractivity (Wildman–Crippen MR) is 124 cm³/mol. The highest BCUT2D eigenvalue weighted by Gasteiger charge is 2.28. The number of hydrogen-bond acceptors (Lipinski definition) is 5. The van der Waals surface area contributed by atoms with Gasteiger partial charge in [0.1, 0.15) is 13.2 Å². The van der Waals surface area contributed by atoms with Crippen LogP contribution in [0.15, 0.2) is 42.6 Å². The van der Waals surface area contributed by atoms with Gasteiger partial charge in [-0.1, -0.05) is 17.7 Å². The first-order chi connectivity index (χ1) is 15.6. The Morgan fingerprint density at radius 1 is 1.16 bits per heavy atom. The van der Waals surface area contributed by atoms with Crippen molar-refractivity contribution in [1.82, 2.24) is 15.1 Å². The van der Waals surface area contributed by atoms with Crippen molar-refractivity contribution in [2.24, 2.45) is 0 Å². The number of amides is 1. The normalized spacial score (nSPS) is 16.1. The van der Waals surface area contributed by atoms with Gasteiger partial charge in [-0.25, -0.2) is 4.68 Å². The molecule has 0 atom stereocenters. The lowest BCUT2D eigenvalue weighted by Crippen LogP contribution is -2.29. The number of nitrogens with zero attached hydrogens (tertiary/aromatic N) is 2. The molecule has 0 unspecified atom stereocenters. The molecule has 0 radical (unpaired) electrons. The molecule has 0 bridgehead atoms. The summed E-state index contributed by atoms with van der Waals surface area (Å²) < 4.78 is 13.1. The van der Waals surface area contributed by atoms with Crippen LogP contribution in [0.25, 0.3) is 5.69 Å². The maximum Gasteiger partial charge on any atom is 0.259 e. The average Bonchev–Trinajstić information content (AvgIpc) is 3.26. The third-order valence-corrected chi connectivity index (χ3v) is 6.45. The van der Waals surface area contributed by atoms with Gasteiger partial charge in [0.25, 0.3) is 5.91 Å². The highest BCUT2D eigenvalue weighted by molar-refractivity contribution is 6.31. The summed E-state index contributed by atoms with van der Waals surface area (Å²) in [6.07, 6.45) is 3.54. The molecule has 0 saturated carbocycles. The Bertz CT molecular complexity index is 1150. The monoisotopic (exact) mass is 452 g/mol. The summed E-state index contributed by atoms with van der Waals surface area (Å²) >= 11 is 6.38. The molecule has 3 heterocycles. The van der Waals surface area contributed by atoms with E-state index in [4.69, 9.17) is 21.1 Å². The third kappa shape index (κ3) is 3.94. The molecule has 2 N–H and O–H groups in total. The van der Waals surface area contributed by atoms with E-state index in [1.54, 1.807) is 12.3 Å². The lowest BCUT2D eigenvalue weighted by atomic mass is 9.91. The molecule has 1 aromatic heterocycles. The van der Waals surface area contributed by atoms with E-state index in [2.05, 4.69) is 15.7 Å². The number of halogens is 1. The highest BCUT2D eigenvalue weighted by Crippen LogP contribution is 2.35. The molecular formula is C24H25ClN4O3. The van der Waals surface area contributed by atoms with Crippen LogP contribution in [0.1, 0.15) is 40.4 Å². The Balaban J connectivity index is 1.51. The lowest BCUT2D eigenvalue weighted by Gasteiger charge is -2.25. The second-order valence-corrected chi connectivity index (χ2v) is 8.48. The molecule has 3 aromatic rings. The van der Waals surface area contributed by atoms with Crippen molar-refractivity contribution in [3.05, 3.63) is 64.4 Å². The molecule has 166 valence electrons. The van der Waals surface area contributed by atoms with Crippen molar-refractivity contribution >= 4 is 23.2 Å². The number of ether oxygens (including phenoxy) is 2. The van der Waals surface area contributed by atoms with Crippen LogP contribution < -0.4 is 20.1 Å². The van der Waals surface area contributed by atoms with Gasteiger partial charge in [-0.3, -0.25) is 4.79 Å². The Morgan fingerprint density at radius 2 is 1.94 bits per heavy atom. The van der Waals surface area contributed by atoms with Crippen molar-refractivity contribution in [1.29, 1.82) is 0 Å². The molecule has 2 aliphatic rings. The molecular weight excluding hydrogens is 428 g/mol. The molecule has 1 fully saturated rings. The smallest absolute Gasteiger partial charge is 0.259 e. The molecule has 8 heteroatoms. The van der Waals surface area contributed by atoms with Gasteiger partial charge in [0.15, 0.2) is 11.5 Å². The number of fused-ring (bicyclic) bond motifs is 1. The van der Waals surface area contributed by atoms with Crippen LogP contribution in [-0.4, -0.2) is 42.0 Å². The van der Waals surface area contributed by atoms with E-state index in [-0.39, 0.29) is 11.8 Å². The van der Waals surface area contributed by atoms with E-state index in [1.165, 1.54) is 0 Å². The first kappa shape index (κ1) is 20.8. The summed E-state index contributed by atoms with van der Waals surface area (Å²) in [5.74, 6) is 1.35. The van der Waals surface area contributed by atoms with Crippen LogP contribution >= 0.6 is 11.6 Å². The zero-order valence-corrected chi connectivity index (χ0v) is 18.6. The molecule has 7 nitrogen and oxygen atoms in total. The van der Waals surface area contributed by atoms with Crippen molar-refractivity contribution in [2.75, 3.05) is 31.6 Å². The van der Waals surface area contributed by atoms with Crippen LogP contribution in [0.4, 0.5) is 5.69 Å². The minimum absolute atomic E-state index is 0.193. The number of aromatic nitrogens is 2. The molecule has 2 aromatic carbocycles. The highest BCUT2D eigenvalue weighted by atomic mass is 35.5. The summed E-state index contributed by atoms with van der Waals surface area (Å²) in [6.45, 7) is 4.82. The van der Waals surface area contributed by atoms with Gasteiger partial charge < -0.3 is 20.1 Å². The fourth-order valence-corrected chi connectivity index (χ4v) is 4.53. The third-order valence-electron chi connectivity index (χ3n) is 6.04. The predicted octanol–water partition coefficient (Wildman–Crippen LogP) is 4.32. The van der Waals surface area contributed by atoms with Crippen LogP contribution in [0, 0.1) is 6.92 Å². The molecule has 5 rings (SSSR count). The van der Waals surface area contributed by atoms with E-state index in [0.29, 0.717) is 41.0 Å². The van der Waals surface area contributed by atoms with Crippen LogP contribution in [-0.2, 0) is 0 Å². The maximum atomic E-state index is 13.4. The topological polar surface area (TPSA) is 77.4 Å². The molecule has 0 aliphatic carbocycles. The van der Waals surface area contributed by atoms with Crippen molar-refractivity contribution in [3.8, 4) is 17.2 Å². The second kappa shape index (κ2) is 8.84. The number of anilines is 1. The Hall–Kier alpha value is -3.03. The summed E-state index contributed by atoms with van der Waals surface area (Å²) in [6, 6.07) is 11.2. The lowest BCUT2D eigenvalue weighted by molar-refractivity contribution is 0.102.